The molecule has 5 aliphatic carbocycles. The normalized spacial score (nSPS) is 37.4. The summed E-state index contributed by atoms with van der Waals surface area (Å²) in [6.45, 7) is 21.0. The van der Waals surface area contributed by atoms with Gasteiger partial charge in [0, 0.05) is 13.1 Å². The highest BCUT2D eigenvalue weighted by Crippen LogP contribution is 2.77. The van der Waals surface area contributed by atoms with Crippen molar-refractivity contribution in [1.82, 2.24) is 10.2 Å². The van der Waals surface area contributed by atoms with E-state index in [0.717, 1.165) is 68.9 Å². The fraction of sp³-hybridized carbons (Fsp3) is 0.667. The number of aliphatic hydroxyl groups is 1. The van der Waals surface area contributed by atoms with Crippen LogP contribution in [0.15, 0.2) is 54.1 Å². The van der Waals surface area contributed by atoms with Crippen LogP contribution in [-0.4, -0.2) is 64.4 Å². The van der Waals surface area contributed by atoms with Gasteiger partial charge >= 0.3 is 11.9 Å². The Morgan fingerprint density at radius 3 is 2.23 bits per heavy atom. The maximum atomic E-state index is 14.5. The summed E-state index contributed by atoms with van der Waals surface area (Å²) in [5.41, 5.74) is 4.85. The predicted octanol–water partition coefficient (Wildman–Crippen LogP) is 8.43. The van der Waals surface area contributed by atoms with Crippen molar-refractivity contribution in [3.63, 3.8) is 0 Å². The van der Waals surface area contributed by atoms with Crippen LogP contribution in [0.25, 0.3) is 5.57 Å². The molecule has 9 unspecified atom stereocenters. The molecule has 0 heterocycles. The summed E-state index contributed by atoms with van der Waals surface area (Å²) in [5, 5.41) is 31.7. The number of carboxylic acids is 2. The molecule has 290 valence electrons. The maximum Gasteiger partial charge on any atom is 0.335 e. The van der Waals surface area contributed by atoms with Crippen LogP contribution in [-0.2, 0) is 9.59 Å². The van der Waals surface area contributed by atoms with E-state index in [2.05, 4.69) is 72.5 Å². The van der Waals surface area contributed by atoms with E-state index in [1.807, 2.05) is 12.1 Å². The van der Waals surface area contributed by atoms with Crippen molar-refractivity contribution in [3.05, 3.63) is 65.3 Å². The average Bonchev–Trinajstić information content (AvgIpc) is 3.46. The molecule has 8 nitrogen and oxygen atoms in total. The first kappa shape index (κ1) is 39.5. The van der Waals surface area contributed by atoms with Crippen LogP contribution in [0, 0.1) is 56.7 Å². The molecule has 0 bridgehead atoms. The molecule has 0 aromatic heterocycles. The van der Waals surface area contributed by atoms with Crippen LogP contribution >= 0.6 is 0 Å². The van der Waals surface area contributed by atoms with Gasteiger partial charge in [0.25, 0.3) is 0 Å². The zero-order valence-corrected chi connectivity index (χ0v) is 33.3. The number of rotatable bonds is 11. The van der Waals surface area contributed by atoms with Crippen LogP contribution < -0.4 is 5.32 Å². The van der Waals surface area contributed by atoms with E-state index in [1.54, 1.807) is 12.1 Å². The number of carbonyl (C=O) groups is 3. The minimum absolute atomic E-state index is 0.0614. The van der Waals surface area contributed by atoms with E-state index in [0.29, 0.717) is 35.8 Å². The lowest BCUT2D eigenvalue weighted by Crippen LogP contribution is -2.66. The molecule has 4 N–H and O–H groups in total. The summed E-state index contributed by atoms with van der Waals surface area (Å²) in [6, 6.07) is 7.45. The number of hydrogen-bond donors (Lipinski definition) is 4. The van der Waals surface area contributed by atoms with Gasteiger partial charge in [0.15, 0.2) is 0 Å². The molecule has 4 saturated carbocycles. The molecule has 8 heteroatoms. The first-order valence-electron chi connectivity index (χ1n) is 20.1. The Bertz CT molecular complexity index is 1690. The van der Waals surface area contributed by atoms with Crippen LogP contribution in [0.2, 0.25) is 0 Å². The fourth-order valence-electron chi connectivity index (χ4n) is 13.5. The summed E-state index contributed by atoms with van der Waals surface area (Å²) in [7, 11) is 0. The average molecular weight is 729 g/mol. The van der Waals surface area contributed by atoms with Crippen LogP contribution in [0.3, 0.4) is 0 Å². The molecule has 5 aliphatic rings. The highest BCUT2D eigenvalue weighted by atomic mass is 16.4. The second kappa shape index (κ2) is 14.1. The number of aromatic carboxylic acids is 1. The summed E-state index contributed by atoms with van der Waals surface area (Å²) < 4.78 is 0. The number of hydrogen-bond acceptors (Lipinski definition) is 5. The Kier molecular flexibility index (Phi) is 10.5. The minimum atomic E-state index is -0.999. The molecule has 9 atom stereocenters. The van der Waals surface area contributed by atoms with Crippen molar-refractivity contribution in [2.75, 3.05) is 26.4 Å². The highest BCUT2D eigenvalue weighted by Gasteiger charge is 2.71. The number of allylic oxidation sites excluding steroid dienone is 5. The third-order valence-electron chi connectivity index (χ3n) is 16.4. The van der Waals surface area contributed by atoms with Crippen molar-refractivity contribution in [2.45, 2.75) is 106 Å². The Balaban J connectivity index is 1.31. The van der Waals surface area contributed by atoms with Gasteiger partial charge < -0.3 is 20.6 Å². The van der Waals surface area contributed by atoms with Crippen LogP contribution in [0.5, 0.6) is 0 Å². The van der Waals surface area contributed by atoms with Gasteiger partial charge in [0.05, 0.1) is 24.3 Å². The van der Waals surface area contributed by atoms with Gasteiger partial charge in [-0.3, -0.25) is 14.5 Å². The Morgan fingerprint density at radius 1 is 0.906 bits per heavy atom. The summed E-state index contributed by atoms with van der Waals surface area (Å²) in [5.74, 6) is 0.174. The highest BCUT2D eigenvalue weighted by molar-refractivity contribution is 5.88. The maximum absolute atomic E-state index is 14.5. The molecule has 0 saturated heterocycles. The zero-order valence-electron chi connectivity index (χ0n) is 33.3. The van der Waals surface area contributed by atoms with Crippen LogP contribution in [0.4, 0.5) is 0 Å². The summed E-state index contributed by atoms with van der Waals surface area (Å²) in [4.78, 5) is 38.8. The molecule has 1 amide bonds. The SMILES string of the molecule is C=C(C)C(C)=CC1CCC2(C(=O)NCCN(CO)CC(=O)O)CCC3(C)C(CCC4C5(C)CC=C(c6ccc(C(=O)O)cc6)C(C)(C)C5CCC43C)C12. The van der Waals surface area contributed by atoms with Crippen molar-refractivity contribution in [2.24, 2.45) is 56.7 Å². The number of aliphatic hydroxyl groups excluding tert-OH is 1. The van der Waals surface area contributed by atoms with Gasteiger partial charge in [-0.05, 0) is 146 Å². The molecular weight excluding hydrogens is 665 g/mol. The van der Waals surface area contributed by atoms with Gasteiger partial charge in [-0.15, -0.1) is 0 Å². The van der Waals surface area contributed by atoms with E-state index < -0.39 is 17.4 Å². The van der Waals surface area contributed by atoms with Crippen molar-refractivity contribution in [3.8, 4) is 0 Å². The number of amides is 1. The summed E-state index contributed by atoms with van der Waals surface area (Å²) >= 11 is 0. The van der Waals surface area contributed by atoms with Crippen LogP contribution in [0.1, 0.15) is 122 Å². The molecule has 0 spiro atoms. The van der Waals surface area contributed by atoms with Crippen molar-refractivity contribution < 1.29 is 29.7 Å². The Labute approximate surface area is 317 Å². The largest absolute Gasteiger partial charge is 0.480 e. The number of nitrogens with zero attached hydrogens (tertiary/aromatic N) is 1. The molecule has 1 aromatic rings. The van der Waals surface area contributed by atoms with Gasteiger partial charge in [-0.25, -0.2) is 4.79 Å². The standard InChI is InChI=1S/C45H64N2O6/c1-28(2)29(3)25-32-15-20-45(40(53)46-23-24-47(27-48)26-37(49)50)22-21-43(7)34(38(32)45)13-14-36-42(6)18-16-33(30-9-11-31(12-10-30)39(51)52)41(4,5)35(42)17-19-44(36,43)8/h9-12,16,25,32,34-36,38,48H,1,13-15,17-24,26-27H2,2-8H3,(H,46,53)(H,49,50)(H,51,52). The number of fused-ring (bicyclic) bond motifs is 7. The van der Waals surface area contributed by atoms with E-state index in [4.69, 9.17) is 0 Å². The Hall–Kier alpha value is -3.23. The first-order chi connectivity index (χ1) is 24.9. The first-order valence-corrected chi connectivity index (χ1v) is 20.1. The second-order valence-corrected chi connectivity index (χ2v) is 19.0. The topological polar surface area (TPSA) is 127 Å². The second-order valence-electron chi connectivity index (χ2n) is 19.0. The number of nitrogens with one attached hydrogen (secondary N) is 1. The van der Waals surface area contributed by atoms with E-state index in [1.165, 1.54) is 16.0 Å². The third kappa shape index (κ3) is 6.33. The quantitative estimate of drug-likeness (QED) is 0.133. The molecule has 4 fully saturated rings. The zero-order chi connectivity index (χ0) is 38.7. The number of carboxylic acid groups (broad SMARTS) is 2. The lowest BCUT2D eigenvalue weighted by molar-refractivity contribution is -0.224. The van der Waals surface area contributed by atoms with Gasteiger partial charge in [-0.2, -0.15) is 0 Å². The van der Waals surface area contributed by atoms with Gasteiger partial charge in [0.1, 0.15) is 0 Å². The number of carbonyl (C=O) groups excluding carboxylic acids is 1. The molecule has 6 rings (SSSR count). The minimum Gasteiger partial charge on any atom is -0.480 e. The summed E-state index contributed by atoms with van der Waals surface area (Å²) in [6.07, 6.45) is 14.2. The smallest absolute Gasteiger partial charge is 0.335 e. The van der Waals surface area contributed by atoms with Gasteiger partial charge in [0.2, 0.25) is 5.91 Å². The predicted molar refractivity (Wildman–Crippen MR) is 209 cm³/mol. The molecule has 0 radical (unpaired) electrons. The van der Waals surface area contributed by atoms with E-state index in [-0.39, 0.29) is 53.3 Å². The monoisotopic (exact) mass is 728 g/mol. The number of aliphatic carboxylic acids is 1. The fourth-order valence-corrected chi connectivity index (χ4v) is 13.5. The molecule has 1 aromatic carbocycles. The number of benzene rings is 1. The van der Waals surface area contributed by atoms with E-state index >= 15 is 0 Å². The lowest BCUT2D eigenvalue weighted by atomic mass is 9.32. The Morgan fingerprint density at radius 2 is 1.60 bits per heavy atom. The molecule has 53 heavy (non-hydrogen) atoms. The molecule has 0 aliphatic heterocycles. The third-order valence-corrected chi connectivity index (χ3v) is 16.4. The lowest BCUT2D eigenvalue weighted by Gasteiger charge is -2.72. The van der Waals surface area contributed by atoms with E-state index in [9.17, 15) is 29.7 Å². The van der Waals surface area contributed by atoms with Crippen molar-refractivity contribution >= 4 is 23.4 Å². The molecular formula is C45H64N2O6. The van der Waals surface area contributed by atoms with Gasteiger partial charge in [-0.1, -0.05) is 76.6 Å². The van der Waals surface area contributed by atoms with Crippen molar-refractivity contribution in [1.29, 1.82) is 0 Å².